The fourth-order valence-corrected chi connectivity index (χ4v) is 8.09. The van der Waals surface area contributed by atoms with Gasteiger partial charge in [-0.15, -0.1) is 0 Å². The summed E-state index contributed by atoms with van der Waals surface area (Å²) in [6.07, 6.45) is 12.1. The molecule has 0 heterocycles. The van der Waals surface area contributed by atoms with Crippen molar-refractivity contribution in [1.82, 2.24) is 0 Å². The molecule has 0 aromatic rings. The summed E-state index contributed by atoms with van der Waals surface area (Å²) < 4.78 is 0. The van der Waals surface area contributed by atoms with Gasteiger partial charge < -0.3 is 15.3 Å². The summed E-state index contributed by atoms with van der Waals surface area (Å²) in [5.74, 6) is 3.18. The van der Waals surface area contributed by atoms with Gasteiger partial charge in [0.25, 0.3) is 0 Å². The number of rotatable bonds is 4. The molecular formula is C28H46O3. The Bertz CT molecular complexity index is 741. The highest BCUT2D eigenvalue weighted by Crippen LogP contribution is 2.68. The van der Waals surface area contributed by atoms with E-state index >= 15 is 0 Å². The van der Waals surface area contributed by atoms with Crippen molar-refractivity contribution in [3.05, 3.63) is 23.8 Å². The quantitative estimate of drug-likeness (QED) is 0.516. The van der Waals surface area contributed by atoms with E-state index in [0.717, 1.165) is 19.3 Å². The zero-order chi connectivity index (χ0) is 22.8. The molecule has 3 saturated carbocycles. The lowest BCUT2D eigenvalue weighted by Gasteiger charge is -2.62. The average molecular weight is 431 g/mol. The highest BCUT2D eigenvalue weighted by molar-refractivity contribution is 5.35. The Labute approximate surface area is 190 Å². The number of fused-ring (bicyclic) bond motifs is 5. The van der Waals surface area contributed by atoms with Gasteiger partial charge in [-0.25, -0.2) is 0 Å². The molecule has 0 aromatic heterocycles. The van der Waals surface area contributed by atoms with Gasteiger partial charge in [-0.1, -0.05) is 59.8 Å². The van der Waals surface area contributed by atoms with E-state index < -0.39 is 17.8 Å². The minimum atomic E-state index is -0.832. The second kappa shape index (κ2) is 7.99. The van der Waals surface area contributed by atoms with E-state index in [2.05, 4.69) is 59.8 Å². The molecule has 176 valence electrons. The first-order valence-electron chi connectivity index (χ1n) is 12.9. The van der Waals surface area contributed by atoms with E-state index in [9.17, 15) is 15.3 Å². The third kappa shape index (κ3) is 3.49. The van der Waals surface area contributed by atoms with Gasteiger partial charge >= 0.3 is 0 Å². The van der Waals surface area contributed by atoms with E-state index in [0.29, 0.717) is 42.4 Å². The van der Waals surface area contributed by atoms with Crippen LogP contribution < -0.4 is 0 Å². The minimum Gasteiger partial charge on any atom is -0.390 e. The summed E-state index contributed by atoms with van der Waals surface area (Å²) in [6, 6.07) is 0. The monoisotopic (exact) mass is 430 g/mol. The number of aliphatic hydroxyl groups excluding tert-OH is 2. The van der Waals surface area contributed by atoms with E-state index in [-0.39, 0.29) is 16.7 Å². The Kier molecular flexibility index (Phi) is 6.06. The predicted octanol–water partition coefficient (Wildman–Crippen LogP) is 5.50. The largest absolute Gasteiger partial charge is 0.390 e. The Morgan fingerprint density at radius 2 is 1.71 bits per heavy atom. The molecule has 0 radical (unpaired) electrons. The zero-order valence-electron chi connectivity index (χ0n) is 20.6. The number of allylic oxidation sites excluding steroid dienone is 3. The van der Waals surface area contributed by atoms with Crippen molar-refractivity contribution in [2.45, 2.75) is 104 Å². The van der Waals surface area contributed by atoms with Crippen LogP contribution in [-0.2, 0) is 0 Å². The van der Waals surface area contributed by atoms with Crippen LogP contribution in [0.5, 0.6) is 0 Å². The molecule has 3 N–H and O–H groups in total. The topological polar surface area (TPSA) is 60.7 Å². The van der Waals surface area contributed by atoms with Crippen LogP contribution in [0, 0.1) is 46.3 Å². The first-order chi connectivity index (χ1) is 14.4. The maximum absolute atomic E-state index is 12.2. The van der Waals surface area contributed by atoms with E-state index in [1.807, 2.05) is 0 Å². The molecule has 3 nitrogen and oxygen atoms in total. The maximum atomic E-state index is 12.2. The highest BCUT2D eigenvalue weighted by Gasteiger charge is 2.65. The van der Waals surface area contributed by atoms with Crippen molar-refractivity contribution in [2.24, 2.45) is 46.3 Å². The standard InChI is InChI=1S/C28H46O3/c1-17(2)18(3)7-8-19(4)21-11-12-22-23-10-9-20-15-24(29)25(30)16-27(20,6)28(23,31)14-13-26(21,22)5/h7-8,10,17-22,24-25,29-31H,9,11-16H2,1-6H3. The molecule has 0 spiro atoms. The summed E-state index contributed by atoms with van der Waals surface area (Å²) in [4.78, 5) is 0. The minimum absolute atomic E-state index is 0.235. The molecule has 0 amide bonds. The summed E-state index contributed by atoms with van der Waals surface area (Å²) in [7, 11) is 0. The molecule has 0 aliphatic heterocycles. The fraction of sp³-hybridized carbons (Fsp3) is 0.857. The number of hydrogen-bond donors (Lipinski definition) is 3. The Hall–Kier alpha value is -0.640. The van der Waals surface area contributed by atoms with Crippen molar-refractivity contribution < 1.29 is 15.3 Å². The molecule has 4 aliphatic rings. The summed E-state index contributed by atoms with van der Waals surface area (Å²) in [5, 5.41) is 33.0. The van der Waals surface area contributed by atoms with Crippen LogP contribution in [0.25, 0.3) is 0 Å². The van der Waals surface area contributed by atoms with Gasteiger partial charge in [0.1, 0.15) is 0 Å². The second-order valence-electron chi connectivity index (χ2n) is 12.5. The SMILES string of the molecule is CC(C)C(C)C=CC(C)C1CCC2C3=CCC4CC(O)C(O)CC4(C)C3(O)CCC21C. The van der Waals surface area contributed by atoms with Crippen molar-refractivity contribution in [1.29, 1.82) is 0 Å². The second-order valence-corrected chi connectivity index (χ2v) is 12.5. The normalized spacial score (nSPS) is 49.4. The van der Waals surface area contributed by atoms with Crippen LogP contribution in [0.1, 0.15) is 86.5 Å². The highest BCUT2D eigenvalue weighted by atomic mass is 16.3. The molecule has 3 heteroatoms. The van der Waals surface area contributed by atoms with Crippen molar-refractivity contribution in [3.63, 3.8) is 0 Å². The van der Waals surface area contributed by atoms with Crippen LogP contribution in [-0.4, -0.2) is 33.1 Å². The number of aliphatic hydroxyl groups is 3. The third-order valence-corrected chi connectivity index (χ3v) is 10.8. The third-order valence-electron chi connectivity index (χ3n) is 10.8. The molecule has 0 aromatic carbocycles. The lowest BCUT2D eigenvalue weighted by molar-refractivity contribution is -0.180. The molecule has 0 saturated heterocycles. The predicted molar refractivity (Wildman–Crippen MR) is 126 cm³/mol. The summed E-state index contributed by atoms with van der Waals surface area (Å²) in [6.45, 7) is 14.0. The smallest absolute Gasteiger partial charge is 0.0916 e. The lowest BCUT2D eigenvalue weighted by Crippen LogP contribution is -2.63. The molecule has 0 bridgehead atoms. The van der Waals surface area contributed by atoms with E-state index in [4.69, 9.17) is 0 Å². The molecule has 10 unspecified atom stereocenters. The van der Waals surface area contributed by atoms with Gasteiger partial charge in [-0.05, 0) is 91.4 Å². The van der Waals surface area contributed by atoms with Crippen LogP contribution in [0.2, 0.25) is 0 Å². The molecular weight excluding hydrogens is 384 g/mol. The van der Waals surface area contributed by atoms with E-state index in [1.165, 1.54) is 18.4 Å². The molecule has 31 heavy (non-hydrogen) atoms. The van der Waals surface area contributed by atoms with Crippen LogP contribution in [0.4, 0.5) is 0 Å². The van der Waals surface area contributed by atoms with Crippen LogP contribution in [0.3, 0.4) is 0 Å². The van der Waals surface area contributed by atoms with Gasteiger partial charge in [-0.2, -0.15) is 0 Å². The Morgan fingerprint density at radius 3 is 2.39 bits per heavy atom. The van der Waals surface area contributed by atoms with Crippen molar-refractivity contribution >= 4 is 0 Å². The van der Waals surface area contributed by atoms with Gasteiger partial charge in [0.05, 0.1) is 17.8 Å². The van der Waals surface area contributed by atoms with Crippen molar-refractivity contribution in [2.75, 3.05) is 0 Å². The van der Waals surface area contributed by atoms with Gasteiger partial charge in [0.15, 0.2) is 0 Å². The van der Waals surface area contributed by atoms with E-state index in [1.54, 1.807) is 0 Å². The van der Waals surface area contributed by atoms with Gasteiger partial charge in [-0.3, -0.25) is 0 Å². The Balaban J connectivity index is 1.60. The van der Waals surface area contributed by atoms with Gasteiger partial charge in [0.2, 0.25) is 0 Å². The molecule has 4 rings (SSSR count). The fourth-order valence-electron chi connectivity index (χ4n) is 8.09. The van der Waals surface area contributed by atoms with Gasteiger partial charge in [0, 0.05) is 5.41 Å². The average Bonchev–Trinajstić information content (AvgIpc) is 3.05. The van der Waals surface area contributed by atoms with Crippen LogP contribution >= 0.6 is 0 Å². The first kappa shape index (κ1) is 23.5. The Morgan fingerprint density at radius 1 is 1.00 bits per heavy atom. The molecule has 4 aliphatic carbocycles. The maximum Gasteiger partial charge on any atom is 0.0916 e. The number of hydrogen-bond acceptors (Lipinski definition) is 3. The summed E-state index contributed by atoms with van der Waals surface area (Å²) >= 11 is 0. The lowest BCUT2D eigenvalue weighted by atomic mass is 9.45. The summed E-state index contributed by atoms with van der Waals surface area (Å²) in [5.41, 5.74) is 0.339. The molecule has 3 fully saturated rings. The van der Waals surface area contributed by atoms with Crippen LogP contribution in [0.15, 0.2) is 23.8 Å². The first-order valence-corrected chi connectivity index (χ1v) is 12.9. The zero-order valence-corrected chi connectivity index (χ0v) is 20.6. The molecule has 10 atom stereocenters. The van der Waals surface area contributed by atoms with Crippen molar-refractivity contribution in [3.8, 4) is 0 Å².